The van der Waals surface area contributed by atoms with Gasteiger partial charge in [0.2, 0.25) is 11.0 Å². The molecule has 7 nitrogen and oxygen atoms in total. The molecule has 0 atom stereocenters. The lowest BCUT2D eigenvalue weighted by molar-refractivity contribution is -0.111. The molecule has 2 heterocycles. The number of nitrogens with zero attached hydrogens (tertiary/aromatic N) is 3. The Hall–Kier alpha value is -3.22. The molecule has 0 radical (unpaired) electrons. The van der Waals surface area contributed by atoms with Gasteiger partial charge in [0.15, 0.2) is 18.1 Å². The number of nitriles is 1. The van der Waals surface area contributed by atoms with Gasteiger partial charge in [0.05, 0.1) is 7.11 Å². The van der Waals surface area contributed by atoms with E-state index in [1.54, 1.807) is 35.6 Å². The van der Waals surface area contributed by atoms with Crippen molar-refractivity contribution in [3.05, 3.63) is 46.7 Å². The second-order valence-electron chi connectivity index (χ2n) is 5.10. The van der Waals surface area contributed by atoms with E-state index in [1.165, 1.54) is 24.5 Å². The number of aromatic nitrogens is 2. The second kappa shape index (κ2) is 8.93. The highest BCUT2D eigenvalue weighted by Gasteiger charge is 2.09. The maximum Gasteiger partial charge on any atom is 0.250 e. The summed E-state index contributed by atoms with van der Waals surface area (Å²) in [5, 5.41) is 24.5. The minimum Gasteiger partial charge on any atom is -0.493 e. The summed E-state index contributed by atoms with van der Waals surface area (Å²) in [6, 6.07) is 9.02. The van der Waals surface area contributed by atoms with Crippen molar-refractivity contribution in [1.29, 1.82) is 5.26 Å². The average Bonchev–Trinajstić information content (AvgIpc) is 3.36. The summed E-state index contributed by atoms with van der Waals surface area (Å²) in [6.07, 6.45) is 3.04. The first-order valence-electron chi connectivity index (χ1n) is 7.72. The van der Waals surface area contributed by atoms with Gasteiger partial charge in [-0.1, -0.05) is 17.4 Å². The van der Waals surface area contributed by atoms with Crippen molar-refractivity contribution in [2.45, 2.75) is 0 Å². The van der Waals surface area contributed by atoms with Crippen molar-refractivity contribution < 1.29 is 14.3 Å². The lowest BCUT2D eigenvalue weighted by Crippen LogP contribution is -2.07. The number of rotatable bonds is 7. The number of nitrogens with one attached hydrogen (secondary N) is 1. The van der Waals surface area contributed by atoms with Gasteiger partial charge in [0.1, 0.15) is 11.1 Å². The predicted octanol–water partition coefficient (Wildman–Crippen LogP) is 3.83. The van der Waals surface area contributed by atoms with Crippen molar-refractivity contribution in [2.75, 3.05) is 19.0 Å². The summed E-state index contributed by atoms with van der Waals surface area (Å²) < 4.78 is 10.5. The molecule has 0 fully saturated rings. The maximum atomic E-state index is 12.1. The minimum atomic E-state index is -0.313. The number of hydrogen-bond acceptors (Lipinski definition) is 8. The average molecular weight is 398 g/mol. The Morgan fingerprint density at radius 2 is 2.22 bits per heavy atom. The van der Waals surface area contributed by atoms with Gasteiger partial charge in [-0.05, 0) is 35.2 Å². The molecule has 0 unspecified atom stereocenters. The van der Waals surface area contributed by atoms with Crippen LogP contribution in [0.3, 0.4) is 0 Å². The first-order valence-corrected chi connectivity index (χ1v) is 9.48. The van der Waals surface area contributed by atoms with Crippen molar-refractivity contribution >= 4 is 39.8 Å². The zero-order chi connectivity index (χ0) is 19.1. The molecule has 1 N–H and O–H groups in total. The first-order chi connectivity index (χ1) is 13.2. The molecule has 3 rings (SSSR count). The van der Waals surface area contributed by atoms with Crippen molar-refractivity contribution in [2.24, 2.45) is 0 Å². The minimum absolute atomic E-state index is 0.0663. The Morgan fingerprint density at radius 1 is 1.33 bits per heavy atom. The van der Waals surface area contributed by atoms with E-state index in [9.17, 15) is 4.79 Å². The van der Waals surface area contributed by atoms with Gasteiger partial charge in [0, 0.05) is 17.0 Å². The summed E-state index contributed by atoms with van der Waals surface area (Å²) in [7, 11) is 1.51. The van der Waals surface area contributed by atoms with Crippen molar-refractivity contribution in [3.63, 3.8) is 0 Å². The quantitative estimate of drug-likeness (QED) is 0.608. The highest BCUT2D eigenvalue weighted by molar-refractivity contribution is 7.19. The SMILES string of the molecule is COc1cc(/C=C/C(=O)Nc2nnc(-c3ccsc3)s2)ccc1OCC#N. The Bertz CT molecular complexity index is 990. The molecule has 136 valence electrons. The third kappa shape index (κ3) is 4.91. The number of benzene rings is 1. The Labute approximate surface area is 163 Å². The third-order valence-electron chi connectivity index (χ3n) is 3.33. The summed E-state index contributed by atoms with van der Waals surface area (Å²) in [6.45, 7) is -0.0663. The maximum absolute atomic E-state index is 12.1. The smallest absolute Gasteiger partial charge is 0.250 e. The van der Waals surface area contributed by atoms with Crippen LogP contribution in [0.1, 0.15) is 5.56 Å². The van der Waals surface area contributed by atoms with Crippen LogP contribution in [0.25, 0.3) is 16.6 Å². The van der Waals surface area contributed by atoms with Crippen molar-refractivity contribution in [3.8, 4) is 28.1 Å². The fourth-order valence-corrected chi connectivity index (χ4v) is 3.57. The van der Waals surface area contributed by atoms with E-state index in [2.05, 4.69) is 15.5 Å². The van der Waals surface area contributed by atoms with E-state index in [0.29, 0.717) is 16.6 Å². The highest BCUT2D eigenvalue weighted by atomic mass is 32.1. The van der Waals surface area contributed by atoms with E-state index in [1.807, 2.05) is 22.9 Å². The van der Waals surface area contributed by atoms with E-state index in [-0.39, 0.29) is 12.5 Å². The molecule has 2 aromatic heterocycles. The van der Waals surface area contributed by atoms with Gasteiger partial charge in [-0.25, -0.2) is 0 Å². The highest BCUT2D eigenvalue weighted by Crippen LogP contribution is 2.29. The Kier molecular flexibility index (Phi) is 6.14. The number of hydrogen-bond donors (Lipinski definition) is 1. The number of carbonyl (C=O) groups excluding carboxylic acids is 1. The molecule has 1 amide bonds. The van der Waals surface area contributed by atoms with Gasteiger partial charge in [0.25, 0.3) is 0 Å². The van der Waals surface area contributed by atoms with Crippen LogP contribution in [-0.2, 0) is 4.79 Å². The van der Waals surface area contributed by atoms with Crippen LogP contribution in [0.2, 0.25) is 0 Å². The largest absolute Gasteiger partial charge is 0.493 e. The molecule has 9 heteroatoms. The monoisotopic (exact) mass is 398 g/mol. The summed E-state index contributed by atoms with van der Waals surface area (Å²) in [4.78, 5) is 12.1. The van der Waals surface area contributed by atoms with Crippen LogP contribution in [-0.4, -0.2) is 29.8 Å². The normalized spacial score (nSPS) is 10.5. The number of carbonyl (C=O) groups is 1. The summed E-state index contributed by atoms with van der Waals surface area (Å²) in [5.41, 5.74) is 1.74. The molecule has 0 aliphatic carbocycles. The van der Waals surface area contributed by atoms with Crippen LogP contribution >= 0.6 is 22.7 Å². The van der Waals surface area contributed by atoms with E-state index in [0.717, 1.165) is 16.1 Å². The topological polar surface area (TPSA) is 97.1 Å². The van der Waals surface area contributed by atoms with Crippen LogP contribution in [0.5, 0.6) is 11.5 Å². The number of amides is 1. The molecule has 0 saturated heterocycles. The second-order valence-corrected chi connectivity index (χ2v) is 6.86. The number of thiophene rings is 1. The molecule has 0 spiro atoms. The Balaban J connectivity index is 1.64. The molecule has 0 saturated carbocycles. The molecule has 3 aromatic rings. The van der Waals surface area contributed by atoms with Crippen LogP contribution in [0.15, 0.2) is 41.1 Å². The van der Waals surface area contributed by atoms with Crippen molar-refractivity contribution in [1.82, 2.24) is 10.2 Å². The molecule has 1 aromatic carbocycles. The molecular weight excluding hydrogens is 384 g/mol. The summed E-state index contributed by atoms with van der Waals surface area (Å²) >= 11 is 2.89. The number of anilines is 1. The van der Waals surface area contributed by atoms with E-state index in [4.69, 9.17) is 14.7 Å². The zero-order valence-corrected chi connectivity index (χ0v) is 15.8. The lowest BCUT2D eigenvalue weighted by atomic mass is 10.2. The predicted molar refractivity (Wildman–Crippen MR) is 105 cm³/mol. The lowest BCUT2D eigenvalue weighted by Gasteiger charge is -2.08. The number of ether oxygens (including phenoxy) is 2. The standard InChI is InChI=1S/C18H14N4O3S2/c1-24-15-10-12(2-4-14(15)25-8-7-19)3-5-16(23)20-18-22-21-17(27-18)13-6-9-26-11-13/h2-6,9-11H,8H2,1H3,(H,20,22,23)/b5-3+. The summed E-state index contributed by atoms with van der Waals surface area (Å²) in [5.74, 6) is 0.639. The fraction of sp³-hybridized carbons (Fsp3) is 0.111. The van der Waals surface area contributed by atoms with E-state index < -0.39 is 0 Å². The first kappa shape index (κ1) is 18.6. The van der Waals surface area contributed by atoms with Gasteiger partial charge >= 0.3 is 0 Å². The molecule has 0 bridgehead atoms. The van der Waals surface area contributed by atoms with Crippen LogP contribution in [0, 0.1) is 11.3 Å². The molecule has 0 aliphatic rings. The Morgan fingerprint density at radius 3 is 2.96 bits per heavy atom. The van der Waals surface area contributed by atoms with Crippen LogP contribution < -0.4 is 14.8 Å². The number of methoxy groups -OCH3 is 1. The molecule has 27 heavy (non-hydrogen) atoms. The molecule has 0 aliphatic heterocycles. The van der Waals surface area contributed by atoms with Crippen LogP contribution in [0.4, 0.5) is 5.13 Å². The third-order valence-corrected chi connectivity index (χ3v) is 4.90. The van der Waals surface area contributed by atoms with Gasteiger partial charge in [-0.15, -0.1) is 10.2 Å². The van der Waals surface area contributed by atoms with Gasteiger partial charge in [-0.2, -0.15) is 16.6 Å². The fourth-order valence-electron chi connectivity index (χ4n) is 2.11. The van der Waals surface area contributed by atoms with E-state index >= 15 is 0 Å². The van der Waals surface area contributed by atoms with Gasteiger partial charge < -0.3 is 9.47 Å². The molecular formula is C18H14N4O3S2. The van der Waals surface area contributed by atoms with Gasteiger partial charge in [-0.3, -0.25) is 10.1 Å². The zero-order valence-electron chi connectivity index (χ0n) is 14.2.